The van der Waals surface area contributed by atoms with Crippen molar-refractivity contribution < 1.29 is 0 Å². The predicted molar refractivity (Wildman–Crippen MR) is 76.1 cm³/mol. The molecule has 1 saturated carbocycles. The maximum atomic E-state index is 5.92. The molecule has 102 valence electrons. The highest BCUT2D eigenvalue weighted by Crippen LogP contribution is 2.30. The fourth-order valence-corrected chi connectivity index (χ4v) is 3.07. The number of nitrogens with two attached hydrogens (primary N) is 1. The Morgan fingerprint density at radius 3 is 2.35 bits per heavy atom. The minimum atomic E-state index is 0.787. The molecule has 0 spiro atoms. The van der Waals surface area contributed by atoms with E-state index in [0.717, 1.165) is 24.3 Å². The summed E-state index contributed by atoms with van der Waals surface area (Å²) in [5.74, 6) is 2.47. The zero-order chi connectivity index (χ0) is 12.7. The topological polar surface area (TPSA) is 29.3 Å². The van der Waals surface area contributed by atoms with Crippen molar-refractivity contribution in [3.63, 3.8) is 0 Å². The van der Waals surface area contributed by atoms with E-state index in [-0.39, 0.29) is 0 Å². The van der Waals surface area contributed by atoms with Crippen LogP contribution >= 0.6 is 0 Å². The van der Waals surface area contributed by atoms with Crippen molar-refractivity contribution in [3.8, 4) is 0 Å². The second-order valence-corrected chi connectivity index (χ2v) is 5.91. The lowest BCUT2D eigenvalue weighted by atomic mass is 9.79. The summed E-state index contributed by atoms with van der Waals surface area (Å²) in [6, 6.07) is 0. The quantitative estimate of drug-likeness (QED) is 0.741. The average Bonchev–Trinajstić information content (AvgIpc) is 2.38. The van der Waals surface area contributed by atoms with Crippen LogP contribution in [0, 0.1) is 17.8 Å². The molecule has 3 atom stereocenters. The summed E-state index contributed by atoms with van der Waals surface area (Å²) in [5.41, 5.74) is 5.92. The first-order valence-corrected chi connectivity index (χ1v) is 7.63. The second kappa shape index (κ2) is 8.10. The Morgan fingerprint density at radius 2 is 1.82 bits per heavy atom. The molecule has 2 nitrogen and oxygen atoms in total. The molecule has 0 amide bonds. The van der Waals surface area contributed by atoms with Gasteiger partial charge in [-0.15, -0.1) is 0 Å². The third-order valence-electron chi connectivity index (χ3n) is 4.58. The fourth-order valence-electron chi connectivity index (χ4n) is 3.07. The van der Waals surface area contributed by atoms with Crippen molar-refractivity contribution in [1.82, 2.24) is 4.90 Å². The third kappa shape index (κ3) is 4.97. The van der Waals surface area contributed by atoms with E-state index >= 15 is 0 Å². The smallest absolute Gasteiger partial charge is 0.00128 e. The molecule has 0 saturated heterocycles. The van der Waals surface area contributed by atoms with Crippen LogP contribution in [0.4, 0.5) is 0 Å². The van der Waals surface area contributed by atoms with Crippen molar-refractivity contribution in [3.05, 3.63) is 0 Å². The Bertz CT molecular complexity index is 193. The van der Waals surface area contributed by atoms with Gasteiger partial charge in [-0.2, -0.15) is 0 Å². The van der Waals surface area contributed by atoms with Crippen LogP contribution in [0.5, 0.6) is 0 Å². The lowest BCUT2D eigenvalue weighted by molar-refractivity contribution is 0.145. The van der Waals surface area contributed by atoms with Gasteiger partial charge in [0, 0.05) is 13.1 Å². The maximum absolute atomic E-state index is 5.92. The van der Waals surface area contributed by atoms with E-state index in [2.05, 4.69) is 25.7 Å². The minimum absolute atomic E-state index is 0.787. The lowest BCUT2D eigenvalue weighted by Crippen LogP contribution is -2.38. The van der Waals surface area contributed by atoms with Gasteiger partial charge in [0.15, 0.2) is 0 Å². The highest BCUT2D eigenvalue weighted by atomic mass is 15.1. The number of hydrogen-bond acceptors (Lipinski definition) is 2. The normalized spacial score (nSPS) is 27.4. The van der Waals surface area contributed by atoms with E-state index in [9.17, 15) is 0 Å². The van der Waals surface area contributed by atoms with Gasteiger partial charge >= 0.3 is 0 Å². The molecule has 0 aromatic rings. The standard InChI is InChI=1S/C15H32N2/c1-4-13(3)11-17(5-2)12-15-9-7-6-8-14(15)10-16/h13-15H,4-12,16H2,1-3H3. The molecule has 1 aliphatic rings. The molecule has 17 heavy (non-hydrogen) atoms. The highest BCUT2D eigenvalue weighted by molar-refractivity contribution is 4.79. The number of nitrogens with zero attached hydrogens (tertiary/aromatic N) is 1. The van der Waals surface area contributed by atoms with E-state index in [1.165, 1.54) is 51.7 Å². The van der Waals surface area contributed by atoms with Crippen LogP contribution in [-0.2, 0) is 0 Å². The van der Waals surface area contributed by atoms with E-state index in [1.54, 1.807) is 0 Å². The van der Waals surface area contributed by atoms with E-state index < -0.39 is 0 Å². The van der Waals surface area contributed by atoms with Gasteiger partial charge in [0.05, 0.1) is 0 Å². The fraction of sp³-hybridized carbons (Fsp3) is 1.00. The first-order valence-electron chi connectivity index (χ1n) is 7.63. The molecule has 1 rings (SSSR count). The first-order chi connectivity index (χ1) is 8.21. The van der Waals surface area contributed by atoms with Gasteiger partial charge in [0.2, 0.25) is 0 Å². The second-order valence-electron chi connectivity index (χ2n) is 5.91. The van der Waals surface area contributed by atoms with Gasteiger partial charge in [0.25, 0.3) is 0 Å². The molecule has 0 radical (unpaired) electrons. The SMILES string of the molecule is CCC(C)CN(CC)CC1CCCCC1CN. The molecule has 0 aromatic carbocycles. The summed E-state index contributed by atoms with van der Waals surface area (Å²) in [7, 11) is 0. The van der Waals surface area contributed by atoms with Crippen molar-refractivity contribution in [2.24, 2.45) is 23.5 Å². The monoisotopic (exact) mass is 240 g/mol. The van der Waals surface area contributed by atoms with Crippen molar-refractivity contribution in [2.45, 2.75) is 52.9 Å². The van der Waals surface area contributed by atoms with Crippen LogP contribution in [0.15, 0.2) is 0 Å². The zero-order valence-electron chi connectivity index (χ0n) is 12.1. The zero-order valence-corrected chi connectivity index (χ0v) is 12.1. The van der Waals surface area contributed by atoms with Crippen LogP contribution in [-0.4, -0.2) is 31.1 Å². The Labute approximate surface area is 108 Å². The molecular weight excluding hydrogens is 208 g/mol. The molecule has 1 aliphatic carbocycles. The molecule has 1 fully saturated rings. The van der Waals surface area contributed by atoms with Crippen LogP contribution in [0.25, 0.3) is 0 Å². The molecule has 0 aliphatic heterocycles. The van der Waals surface area contributed by atoms with Gasteiger partial charge in [-0.1, -0.05) is 40.0 Å². The molecule has 3 unspecified atom stereocenters. The Balaban J connectivity index is 2.42. The summed E-state index contributed by atoms with van der Waals surface area (Å²) in [4.78, 5) is 2.65. The first kappa shape index (κ1) is 15.0. The molecule has 0 heterocycles. The van der Waals surface area contributed by atoms with E-state index in [0.29, 0.717) is 0 Å². The Kier molecular flexibility index (Phi) is 7.14. The van der Waals surface area contributed by atoms with Gasteiger partial charge in [-0.05, 0) is 43.7 Å². The van der Waals surface area contributed by atoms with Crippen molar-refractivity contribution in [1.29, 1.82) is 0 Å². The lowest BCUT2D eigenvalue weighted by Gasteiger charge is -2.35. The molecule has 2 N–H and O–H groups in total. The minimum Gasteiger partial charge on any atom is -0.330 e. The van der Waals surface area contributed by atoms with Crippen molar-refractivity contribution in [2.75, 3.05) is 26.2 Å². The molecule has 2 heteroatoms. The van der Waals surface area contributed by atoms with Gasteiger partial charge in [-0.25, -0.2) is 0 Å². The summed E-state index contributed by atoms with van der Waals surface area (Å²) in [5, 5.41) is 0. The maximum Gasteiger partial charge on any atom is 0.00128 e. The van der Waals surface area contributed by atoms with E-state index in [1.807, 2.05) is 0 Å². The van der Waals surface area contributed by atoms with Gasteiger partial charge < -0.3 is 10.6 Å². The number of rotatable bonds is 7. The van der Waals surface area contributed by atoms with Crippen LogP contribution < -0.4 is 5.73 Å². The largest absolute Gasteiger partial charge is 0.330 e. The summed E-state index contributed by atoms with van der Waals surface area (Å²) < 4.78 is 0. The molecule has 0 aromatic heterocycles. The highest BCUT2D eigenvalue weighted by Gasteiger charge is 2.25. The van der Waals surface area contributed by atoms with Gasteiger partial charge in [-0.3, -0.25) is 0 Å². The van der Waals surface area contributed by atoms with Crippen LogP contribution in [0.3, 0.4) is 0 Å². The Morgan fingerprint density at radius 1 is 1.18 bits per heavy atom. The predicted octanol–water partition coefficient (Wildman–Crippen LogP) is 3.12. The van der Waals surface area contributed by atoms with Crippen LogP contribution in [0.2, 0.25) is 0 Å². The summed E-state index contributed by atoms with van der Waals surface area (Å²) >= 11 is 0. The molecule has 0 bridgehead atoms. The third-order valence-corrected chi connectivity index (χ3v) is 4.58. The average molecular weight is 240 g/mol. The van der Waals surface area contributed by atoms with Crippen LogP contribution in [0.1, 0.15) is 52.9 Å². The summed E-state index contributed by atoms with van der Waals surface area (Å²) in [6.45, 7) is 11.6. The number of hydrogen-bond donors (Lipinski definition) is 1. The van der Waals surface area contributed by atoms with E-state index in [4.69, 9.17) is 5.73 Å². The van der Waals surface area contributed by atoms with Gasteiger partial charge in [0.1, 0.15) is 0 Å². The summed E-state index contributed by atoms with van der Waals surface area (Å²) in [6.07, 6.45) is 6.88. The van der Waals surface area contributed by atoms with Crippen molar-refractivity contribution >= 4 is 0 Å². The Hall–Kier alpha value is -0.0800. The molecular formula is C15H32N2.